The minimum absolute atomic E-state index is 0.465. The highest BCUT2D eigenvalue weighted by Gasteiger charge is 2.09. The van der Waals surface area contributed by atoms with Gasteiger partial charge in [0.25, 0.3) is 0 Å². The second-order valence-electron chi connectivity index (χ2n) is 3.16. The lowest BCUT2D eigenvalue weighted by molar-refractivity contribution is 0.191. The molecular weight excluding hydrogens is 256 g/mol. The van der Waals surface area contributed by atoms with Crippen molar-refractivity contribution in [1.29, 1.82) is 0 Å². The smallest absolute Gasteiger partial charge is 0.126 e. The van der Waals surface area contributed by atoms with Gasteiger partial charge in [0.1, 0.15) is 5.75 Å². The first-order valence-electron chi connectivity index (χ1n) is 4.69. The molecule has 0 spiro atoms. The van der Waals surface area contributed by atoms with Crippen molar-refractivity contribution in [3.8, 4) is 18.1 Å². The van der Waals surface area contributed by atoms with Crippen LogP contribution in [-0.2, 0) is 0 Å². The third-order valence-electron chi connectivity index (χ3n) is 1.93. The van der Waals surface area contributed by atoms with Crippen LogP contribution in [0.15, 0.2) is 22.7 Å². The molecule has 0 aliphatic heterocycles. The van der Waals surface area contributed by atoms with Crippen molar-refractivity contribution >= 4 is 15.9 Å². The Hall–Kier alpha value is -0.980. The molecule has 80 valence electrons. The molecule has 1 N–H and O–H groups in total. The van der Waals surface area contributed by atoms with Gasteiger partial charge in [0.2, 0.25) is 0 Å². The first-order chi connectivity index (χ1) is 7.15. The zero-order valence-corrected chi connectivity index (χ0v) is 10.1. The highest BCUT2D eigenvalue weighted by Crippen LogP contribution is 2.28. The number of ether oxygens (including phenoxy) is 1. The molecular formula is C12H13BrO2. The maximum atomic E-state index is 9.52. The number of rotatable bonds is 4. The Balaban J connectivity index is 2.83. The van der Waals surface area contributed by atoms with Crippen LogP contribution in [0.2, 0.25) is 0 Å². The topological polar surface area (TPSA) is 29.5 Å². The van der Waals surface area contributed by atoms with Crippen molar-refractivity contribution in [2.24, 2.45) is 0 Å². The number of halogens is 1. The molecule has 0 aliphatic rings. The molecule has 0 aliphatic carbocycles. The molecule has 0 heterocycles. The van der Waals surface area contributed by atoms with E-state index in [2.05, 4.69) is 21.9 Å². The van der Waals surface area contributed by atoms with Gasteiger partial charge in [0.05, 0.1) is 12.7 Å². The minimum atomic E-state index is -0.543. The van der Waals surface area contributed by atoms with Crippen molar-refractivity contribution in [2.75, 3.05) is 6.61 Å². The number of aliphatic hydroxyl groups excluding tert-OH is 1. The lowest BCUT2D eigenvalue weighted by atomic mass is 10.1. The fourth-order valence-corrected chi connectivity index (χ4v) is 1.54. The fraction of sp³-hybridized carbons (Fsp3) is 0.333. The van der Waals surface area contributed by atoms with Crippen molar-refractivity contribution < 1.29 is 9.84 Å². The van der Waals surface area contributed by atoms with Gasteiger partial charge in [0.15, 0.2) is 0 Å². The van der Waals surface area contributed by atoms with E-state index in [9.17, 15) is 5.11 Å². The van der Waals surface area contributed by atoms with Crippen LogP contribution < -0.4 is 4.74 Å². The van der Waals surface area contributed by atoms with E-state index in [1.54, 1.807) is 6.92 Å². The summed E-state index contributed by atoms with van der Waals surface area (Å²) in [6.07, 6.45) is 5.15. The normalized spacial score (nSPS) is 11.9. The van der Waals surface area contributed by atoms with E-state index in [0.717, 1.165) is 10.0 Å². The van der Waals surface area contributed by atoms with Crippen LogP contribution in [0.25, 0.3) is 0 Å². The Morgan fingerprint density at radius 3 is 2.93 bits per heavy atom. The SMILES string of the molecule is C#CCCOc1cc(Br)ccc1[C@H](C)O. The summed E-state index contributed by atoms with van der Waals surface area (Å²) in [6.45, 7) is 2.17. The van der Waals surface area contributed by atoms with Crippen molar-refractivity contribution in [3.63, 3.8) is 0 Å². The predicted octanol–water partition coefficient (Wildman–Crippen LogP) is 2.90. The summed E-state index contributed by atoms with van der Waals surface area (Å²) in [5, 5.41) is 9.52. The average molecular weight is 269 g/mol. The number of aliphatic hydroxyl groups is 1. The summed E-state index contributed by atoms with van der Waals surface area (Å²) >= 11 is 3.35. The van der Waals surface area contributed by atoms with Gasteiger partial charge >= 0.3 is 0 Å². The summed E-state index contributed by atoms with van der Waals surface area (Å²) < 4.78 is 6.41. The fourth-order valence-electron chi connectivity index (χ4n) is 1.20. The van der Waals surface area contributed by atoms with Crippen LogP contribution in [0.1, 0.15) is 25.0 Å². The summed E-state index contributed by atoms with van der Waals surface area (Å²) in [6, 6.07) is 5.54. The zero-order chi connectivity index (χ0) is 11.3. The molecule has 0 saturated carbocycles. The van der Waals surface area contributed by atoms with Crippen LogP contribution in [0, 0.1) is 12.3 Å². The van der Waals surface area contributed by atoms with Crippen LogP contribution in [0.5, 0.6) is 5.75 Å². The highest BCUT2D eigenvalue weighted by atomic mass is 79.9. The average Bonchev–Trinajstić information content (AvgIpc) is 2.18. The molecule has 0 bridgehead atoms. The van der Waals surface area contributed by atoms with Gasteiger partial charge in [-0.05, 0) is 19.1 Å². The molecule has 1 aromatic rings. The first-order valence-corrected chi connectivity index (χ1v) is 5.48. The lowest BCUT2D eigenvalue weighted by Gasteiger charge is -2.13. The monoisotopic (exact) mass is 268 g/mol. The summed E-state index contributed by atoms with van der Waals surface area (Å²) in [5.74, 6) is 3.18. The Morgan fingerprint density at radius 1 is 1.60 bits per heavy atom. The van der Waals surface area contributed by atoms with Gasteiger partial charge in [-0.25, -0.2) is 0 Å². The molecule has 0 radical (unpaired) electrons. The second kappa shape index (κ2) is 5.79. The second-order valence-corrected chi connectivity index (χ2v) is 4.08. The maximum Gasteiger partial charge on any atom is 0.126 e. The maximum absolute atomic E-state index is 9.52. The number of hydrogen-bond donors (Lipinski definition) is 1. The van der Waals surface area contributed by atoms with Crippen molar-refractivity contribution in [3.05, 3.63) is 28.2 Å². The predicted molar refractivity (Wildman–Crippen MR) is 63.7 cm³/mol. The van der Waals surface area contributed by atoms with E-state index in [0.29, 0.717) is 18.8 Å². The van der Waals surface area contributed by atoms with Crippen LogP contribution in [0.3, 0.4) is 0 Å². The number of terminal acetylenes is 1. The molecule has 0 saturated heterocycles. The van der Waals surface area contributed by atoms with E-state index in [-0.39, 0.29) is 0 Å². The zero-order valence-electron chi connectivity index (χ0n) is 8.53. The van der Waals surface area contributed by atoms with Gasteiger partial charge in [-0.3, -0.25) is 0 Å². The van der Waals surface area contributed by atoms with Gasteiger partial charge in [0, 0.05) is 16.5 Å². The number of benzene rings is 1. The summed E-state index contributed by atoms with van der Waals surface area (Å²) in [7, 11) is 0. The van der Waals surface area contributed by atoms with Crippen molar-refractivity contribution in [1.82, 2.24) is 0 Å². The van der Waals surface area contributed by atoms with Crippen LogP contribution in [-0.4, -0.2) is 11.7 Å². The summed E-state index contributed by atoms with van der Waals surface area (Å²) in [4.78, 5) is 0. The molecule has 0 amide bonds. The molecule has 1 atom stereocenters. The molecule has 3 heteroatoms. The van der Waals surface area contributed by atoms with Crippen molar-refractivity contribution in [2.45, 2.75) is 19.4 Å². The lowest BCUT2D eigenvalue weighted by Crippen LogP contribution is -2.01. The largest absolute Gasteiger partial charge is 0.492 e. The third kappa shape index (κ3) is 3.58. The summed E-state index contributed by atoms with van der Waals surface area (Å²) in [5.41, 5.74) is 0.773. The first kappa shape index (κ1) is 12.1. The minimum Gasteiger partial charge on any atom is -0.492 e. The Labute approximate surface area is 98.4 Å². The van der Waals surface area contributed by atoms with Crippen LogP contribution in [0.4, 0.5) is 0 Å². The Morgan fingerprint density at radius 2 is 2.33 bits per heavy atom. The van der Waals surface area contributed by atoms with Gasteiger partial charge in [-0.15, -0.1) is 12.3 Å². The van der Waals surface area contributed by atoms with E-state index < -0.39 is 6.10 Å². The molecule has 0 aromatic heterocycles. The molecule has 1 aromatic carbocycles. The highest BCUT2D eigenvalue weighted by molar-refractivity contribution is 9.10. The number of hydrogen-bond acceptors (Lipinski definition) is 2. The van der Waals surface area contributed by atoms with E-state index in [4.69, 9.17) is 11.2 Å². The van der Waals surface area contributed by atoms with Crippen LogP contribution >= 0.6 is 15.9 Å². The quantitative estimate of drug-likeness (QED) is 0.672. The van der Waals surface area contributed by atoms with Gasteiger partial charge in [-0.1, -0.05) is 22.0 Å². The van der Waals surface area contributed by atoms with E-state index in [1.165, 1.54) is 0 Å². The molecule has 2 nitrogen and oxygen atoms in total. The standard InChI is InChI=1S/C12H13BrO2/c1-3-4-7-15-12-8-10(13)5-6-11(12)9(2)14/h1,5-6,8-9,14H,4,7H2,2H3/t9-/m0/s1. The van der Waals surface area contributed by atoms with Gasteiger partial charge in [-0.2, -0.15) is 0 Å². The molecule has 15 heavy (non-hydrogen) atoms. The van der Waals surface area contributed by atoms with E-state index >= 15 is 0 Å². The Bertz CT molecular complexity index is 366. The van der Waals surface area contributed by atoms with E-state index in [1.807, 2.05) is 18.2 Å². The molecule has 0 unspecified atom stereocenters. The van der Waals surface area contributed by atoms with Gasteiger partial charge < -0.3 is 9.84 Å². The molecule has 1 rings (SSSR count). The third-order valence-corrected chi connectivity index (χ3v) is 2.42. The Kier molecular flexibility index (Phi) is 4.67. The molecule has 0 fully saturated rings.